The standard InChI is InChI=1S/C21H19N3O2/c1-3-26-20-7-5-4-6-16(20)19-12-17(18(13-22)21(23)24-19)14-8-10-15(25-2)11-9-14/h4-12H,3H2,1-2H3,(H2,23,24). The lowest BCUT2D eigenvalue weighted by molar-refractivity contribution is 0.341. The van der Waals surface area contributed by atoms with Crippen LogP contribution in [0.2, 0.25) is 0 Å². The Morgan fingerprint density at radius 1 is 1.08 bits per heavy atom. The number of methoxy groups -OCH3 is 1. The van der Waals surface area contributed by atoms with Crippen molar-refractivity contribution in [3.8, 4) is 40.0 Å². The van der Waals surface area contributed by atoms with Crippen LogP contribution in [0.4, 0.5) is 5.82 Å². The second-order valence-electron chi connectivity index (χ2n) is 5.58. The first kappa shape index (κ1) is 17.3. The van der Waals surface area contributed by atoms with Crippen LogP contribution in [0, 0.1) is 11.3 Å². The van der Waals surface area contributed by atoms with Crippen LogP contribution in [0.1, 0.15) is 12.5 Å². The predicted octanol–water partition coefficient (Wildman–Crippen LogP) is 4.28. The molecule has 0 bridgehead atoms. The van der Waals surface area contributed by atoms with Crippen molar-refractivity contribution in [3.05, 3.63) is 60.2 Å². The molecule has 0 aliphatic heterocycles. The molecule has 3 rings (SSSR count). The maximum atomic E-state index is 9.54. The van der Waals surface area contributed by atoms with Crippen molar-refractivity contribution in [1.82, 2.24) is 4.98 Å². The Morgan fingerprint density at radius 3 is 2.46 bits per heavy atom. The van der Waals surface area contributed by atoms with E-state index in [1.54, 1.807) is 7.11 Å². The number of anilines is 1. The number of benzene rings is 2. The summed E-state index contributed by atoms with van der Waals surface area (Å²) in [6.07, 6.45) is 0. The highest BCUT2D eigenvalue weighted by atomic mass is 16.5. The van der Waals surface area contributed by atoms with Gasteiger partial charge in [0.05, 0.1) is 19.4 Å². The highest BCUT2D eigenvalue weighted by Gasteiger charge is 2.15. The number of hydrogen-bond donors (Lipinski definition) is 1. The third-order valence-corrected chi connectivity index (χ3v) is 4.02. The first-order valence-corrected chi connectivity index (χ1v) is 8.25. The molecule has 0 fully saturated rings. The van der Waals surface area contributed by atoms with Crippen molar-refractivity contribution >= 4 is 5.82 Å². The molecule has 5 nitrogen and oxygen atoms in total. The number of nitrogens with two attached hydrogens (primary N) is 1. The molecule has 26 heavy (non-hydrogen) atoms. The van der Waals surface area contributed by atoms with Crippen molar-refractivity contribution in [1.29, 1.82) is 5.26 Å². The van der Waals surface area contributed by atoms with Gasteiger partial charge in [0.15, 0.2) is 0 Å². The minimum absolute atomic E-state index is 0.196. The van der Waals surface area contributed by atoms with Gasteiger partial charge in [-0.15, -0.1) is 0 Å². The topological polar surface area (TPSA) is 81.2 Å². The summed E-state index contributed by atoms with van der Waals surface area (Å²) in [6.45, 7) is 2.48. The van der Waals surface area contributed by atoms with Crippen molar-refractivity contribution in [3.63, 3.8) is 0 Å². The smallest absolute Gasteiger partial charge is 0.142 e. The Bertz CT molecular complexity index is 960. The zero-order chi connectivity index (χ0) is 18.5. The van der Waals surface area contributed by atoms with E-state index in [0.717, 1.165) is 28.2 Å². The van der Waals surface area contributed by atoms with Gasteiger partial charge in [-0.25, -0.2) is 4.98 Å². The first-order valence-electron chi connectivity index (χ1n) is 8.25. The third kappa shape index (κ3) is 3.31. The minimum atomic E-state index is 0.196. The SMILES string of the molecule is CCOc1ccccc1-c1cc(-c2ccc(OC)cc2)c(C#N)c(N)n1. The van der Waals surface area contributed by atoms with E-state index in [-0.39, 0.29) is 5.82 Å². The Balaban J connectivity index is 2.18. The van der Waals surface area contributed by atoms with Crippen molar-refractivity contribution < 1.29 is 9.47 Å². The van der Waals surface area contributed by atoms with E-state index in [4.69, 9.17) is 15.2 Å². The van der Waals surface area contributed by atoms with Gasteiger partial charge in [0.25, 0.3) is 0 Å². The summed E-state index contributed by atoms with van der Waals surface area (Å²) >= 11 is 0. The molecule has 3 aromatic rings. The molecule has 1 heterocycles. The number of pyridine rings is 1. The van der Waals surface area contributed by atoms with E-state index in [0.29, 0.717) is 17.9 Å². The van der Waals surface area contributed by atoms with Crippen LogP contribution in [0.15, 0.2) is 54.6 Å². The fourth-order valence-corrected chi connectivity index (χ4v) is 2.78. The van der Waals surface area contributed by atoms with Gasteiger partial charge in [-0.05, 0) is 42.8 Å². The summed E-state index contributed by atoms with van der Waals surface area (Å²) in [5, 5.41) is 9.54. The average molecular weight is 345 g/mol. The van der Waals surface area contributed by atoms with Crippen LogP contribution in [-0.4, -0.2) is 18.7 Å². The van der Waals surface area contributed by atoms with Crippen molar-refractivity contribution in [2.75, 3.05) is 19.5 Å². The number of ether oxygens (including phenoxy) is 2. The third-order valence-electron chi connectivity index (χ3n) is 4.02. The zero-order valence-electron chi connectivity index (χ0n) is 14.7. The van der Waals surface area contributed by atoms with Crippen LogP contribution in [0.3, 0.4) is 0 Å². The fourth-order valence-electron chi connectivity index (χ4n) is 2.78. The zero-order valence-corrected chi connectivity index (χ0v) is 14.7. The van der Waals surface area contributed by atoms with E-state index in [2.05, 4.69) is 11.1 Å². The molecule has 0 spiro atoms. The van der Waals surface area contributed by atoms with Crippen LogP contribution < -0.4 is 15.2 Å². The largest absolute Gasteiger partial charge is 0.497 e. The molecule has 0 saturated heterocycles. The fraction of sp³-hybridized carbons (Fsp3) is 0.143. The maximum Gasteiger partial charge on any atom is 0.142 e. The van der Waals surface area contributed by atoms with Gasteiger partial charge in [-0.2, -0.15) is 5.26 Å². The molecule has 0 saturated carbocycles. The first-order chi connectivity index (χ1) is 12.7. The van der Waals surface area contributed by atoms with Gasteiger partial charge in [0, 0.05) is 11.1 Å². The molecule has 1 aromatic heterocycles. The Labute approximate surface area is 152 Å². The van der Waals surface area contributed by atoms with Gasteiger partial charge in [-0.1, -0.05) is 24.3 Å². The second kappa shape index (κ2) is 7.58. The lowest BCUT2D eigenvalue weighted by Gasteiger charge is -2.13. The molecule has 0 aliphatic rings. The van der Waals surface area contributed by atoms with Gasteiger partial charge in [-0.3, -0.25) is 0 Å². The monoisotopic (exact) mass is 345 g/mol. The van der Waals surface area contributed by atoms with Crippen molar-refractivity contribution in [2.45, 2.75) is 6.92 Å². The molecule has 0 atom stereocenters. The highest BCUT2D eigenvalue weighted by Crippen LogP contribution is 2.35. The maximum absolute atomic E-state index is 9.54. The number of para-hydroxylation sites is 1. The van der Waals surface area contributed by atoms with E-state index < -0.39 is 0 Å². The molecule has 2 N–H and O–H groups in total. The van der Waals surface area contributed by atoms with Gasteiger partial charge in [0.1, 0.15) is 28.9 Å². The molecule has 0 radical (unpaired) electrons. The average Bonchev–Trinajstić information content (AvgIpc) is 2.68. The van der Waals surface area contributed by atoms with Gasteiger partial charge in [0.2, 0.25) is 0 Å². The summed E-state index contributed by atoms with van der Waals surface area (Å²) in [5.74, 6) is 1.67. The molecule has 5 heteroatoms. The molecule has 0 aliphatic carbocycles. The molecule has 0 unspecified atom stereocenters. The quantitative estimate of drug-likeness (QED) is 0.746. The summed E-state index contributed by atoms with van der Waals surface area (Å²) in [6, 6.07) is 19.2. The summed E-state index contributed by atoms with van der Waals surface area (Å²) in [4.78, 5) is 4.43. The normalized spacial score (nSPS) is 10.2. The van der Waals surface area contributed by atoms with Gasteiger partial charge < -0.3 is 15.2 Å². The number of nitrogens with zero attached hydrogens (tertiary/aromatic N) is 2. The molecule has 130 valence electrons. The van der Waals surface area contributed by atoms with E-state index in [1.807, 2.05) is 61.5 Å². The van der Waals surface area contributed by atoms with Gasteiger partial charge >= 0.3 is 0 Å². The van der Waals surface area contributed by atoms with Crippen LogP contribution in [0.25, 0.3) is 22.4 Å². The van der Waals surface area contributed by atoms with Crippen molar-refractivity contribution in [2.24, 2.45) is 0 Å². The van der Waals surface area contributed by atoms with E-state index in [9.17, 15) is 5.26 Å². The van der Waals surface area contributed by atoms with E-state index >= 15 is 0 Å². The molecular formula is C21H19N3O2. The number of nitriles is 1. The molecule has 0 amide bonds. The summed E-state index contributed by atoms with van der Waals surface area (Å²) in [5.41, 5.74) is 9.53. The predicted molar refractivity (Wildman–Crippen MR) is 102 cm³/mol. The lowest BCUT2D eigenvalue weighted by atomic mass is 9.98. The van der Waals surface area contributed by atoms with Crippen LogP contribution in [0.5, 0.6) is 11.5 Å². The Hall–Kier alpha value is -3.52. The van der Waals surface area contributed by atoms with Crippen LogP contribution >= 0.6 is 0 Å². The molecular weight excluding hydrogens is 326 g/mol. The van der Waals surface area contributed by atoms with E-state index in [1.165, 1.54) is 0 Å². The summed E-state index contributed by atoms with van der Waals surface area (Å²) in [7, 11) is 1.61. The number of hydrogen-bond acceptors (Lipinski definition) is 5. The summed E-state index contributed by atoms with van der Waals surface area (Å²) < 4.78 is 10.9. The Kier molecular flexibility index (Phi) is 5.04. The number of aromatic nitrogens is 1. The van der Waals surface area contributed by atoms with Crippen LogP contribution in [-0.2, 0) is 0 Å². The number of rotatable bonds is 5. The molecule has 2 aromatic carbocycles. The highest BCUT2D eigenvalue weighted by molar-refractivity contribution is 5.81. The lowest BCUT2D eigenvalue weighted by Crippen LogP contribution is -2.01. The minimum Gasteiger partial charge on any atom is -0.497 e. The Morgan fingerprint density at radius 2 is 1.81 bits per heavy atom. The second-order valence-corrected chi connectivity index (χ2v) is 5.58. The number of nitrogen functional groups attached to an aromatic ring is 1.